The molecule has 29 heavy (non-hydrogen) atoms. The molecule has 0 N–H and O–H groups in total. The van der Waals surface area contributed by atoms with Gasteiger partial charge in [0.25, 0.3) is 0 Å². The molecule has 8 nitrogen and oxygen atoms in total. The number of hydrogen-bond donors (Lipinski definition) is 0. The summed E-state index contributed by atoms with van der Waals surface area (Å²) in [5, 5.41) is 0. The van der Waals surface area contributed by atoms with Gasteiger partial charge in [-0.1, -0.05) is 0 Å². The molecule has 0 aromatic carbocycles. The van der Waals surface area contributed by atoms with Crippen LogP contribution in [0.25, 0.3) is 0 Å². The minimum atomic E-state index is -0.000544. The van der Waals surface area contributed by atoms with Gasteiger partial charge in [-0.15, -0.1) is 0 Å². The molecule has 1 unspecified atom stereocenters. The van der Waals surface area contributed by atoms with Gasteiger partial charge in [-0.25, -0.2) is 4.98 Å². The van der Waals surface area contributed by atoms with Crippen LogP contribution in [0.2, 0.25) is 0 Å². The highest BCUT2D eigenvalue weighted by molar-refractivity contribution is 5.86. The van der Waals surface area contributed by atoms with Crippen LogP contribution in [0, 0.1) is 6.92 Å². The number of aromatic nitrogens is 3. The second-order valence-electron chi connectivity index (χ2n) is 7.53. The van der Waals surface area contributed by atoms with Gasteiger partial charge in [0, 0.05) is 50.6 Å². The summed E-state index contributed by atoms with van der Waals surface area (Å²) in [5.41, 5.74) is 1.53. The van der Waals surface area contributed by atoms with Crippen molar-refractivity contribution in [1.29, 1.82) is 0 Å². The van der Waals surface area contributed by atoms with Crippen LogP contribution in [0.15, 0.2) is 30.7 Å². The molecule has 152 valence electrons. The summed E-state index contributed by atoms with van der Waals surface area (Å²) < 4.78 is 6.02. The molecule has 2 aromatic rings. The fourth-order valence-corrected chi connectivity index (χ4v) is 3.94. The van der Waals surface area contributed by atoms with Gasteiger partial charge in [-0.3, -0.25) is 19.6 Å². The van der Waals surface area contributed by atoms with Crippen molar-refractivity contribution >= 4 is 11.8 Å². The number of pyridine rings is 1. The lowest BCUT2D eigenvalue weighted by Crippen LogP contribution is -2.45. The van der Waals surface area contributed by atoms with Gasteiger partial charge < -0.3 is 14.5 Å². The smallest absolute Gasteiger partial charge is 0.242 e. The largest absolute Gasteiger partial charge is 0.435 e. The van der Waals surface area contributed by atoms with Crippen molar-refractivity contribution in [2.75, 3.05) is 26.2 Å². The molecule has 2 aliphatic rings. The number of likely N-dealkylation sites (tertiary alicyclic amines) is 2. The van der Waals surface area contributed by atoms with Crippen LogP contribution in [-0.2, 0) is 9.59 Å². The van der Waals surface area contributed by atoms with E-state index in [0.717, 1.165) is 30.7 Å². The second-order valence-corrected chi connectivity index (χ2v) is 7.53. The van der Waals surface area contributed by atoms with Crippen LogP contribution in [0.5, 0.6) is 11.6 Å². The molecule has 2 amide bonds. The molecular weight excluding hydrogens is 370 g/mol. The number of aryl methyl sites for hydroxylation is 1. The zero-order chi connectivity index (χ0) is 20.2. The first-order valence-electron chi connectivity index (χ1n) is 10.1. The van der Waals surface area contributed by atoms with E-state index in [9.17, 15) is 9.59 Å². The van der Waals surface area contributed by atoms with Gasteiger partial charge in [0.05, 0.1) is 12.2 Å². The molecule has 2 aromatic heterocycles. The topological polar surface area (TPSA) is 88.5 Å². The third-order valence-electron chi connectivity index (χ3n) is 5.51. The van der Waals surface area contributed by atoms with Gasteiger partial charge in [0.15, 0.2) is 5.75 Å². The van der Waals surface area contributed by atoms with E-state index in [1.54, 1.807) is 23.5 Å². The van der Waals surface area contributed by atoms with E-state index in [2.05, 4.69) is 15.0 Å². The molecule has 2 saturated heterocycles. The monoisotopic (exact) mass is 395 g/mol. The van der Waals surface area contributed by atoms with E-state index in [-0.39, 0.29) is 24.3 Å². The first kappa shape index (κ1) is 19.3. The Hall–Kier alpha value is -3.03. The summed E-state index contributed by atoms with van der Waals surface area (Å²) >= 11 is 0. The van der Waals surface area contributed by atoms with Crippen molar-refractivity contribution in [2.24, 2.45) is 0 Å². The standard InChI is InChI=1S/C21H25N5O3/c1-15-17(6-2-8-22-15)29-21-20(23-9-10-24-21)16-5-3-11-25(13-16)19(28)14-26-12-4-7-18(26)27/h2,6,8-10,16H,3-5,7,11-14H2,1H3. The molecule has 2 aliphatic heterocycles. The SMILES string of the molecule is Cc1ncccc1Oc1nccnc1C1CCCN(C(=O)CN2CCCC2=O)C1. The number of carbonyl (C=O) groups is 2. The maximum Gasteiger partial charge on any atom is 0.242 e. The summed E-state index contributed by atoms with van der Waals surface area (Å²) in [4.78, 5) is 41.3. The number of hydrogen-bond acceptors (Lipinski definition) is 6. The third kappa shape index (κ3) is 4.36. The fraction of sp³-hybridized carbons (Fsp3) is 0.476. The van der Waals surface area contributed by atoms with Crippen molar-refractivity contribution in [3.05, 3.63) is 42.1 Å². The summed E-state index contributed by atoms with van der Waals surface area (Å²) in [7, 11) is 0. The fourth-order valence-electron chi connectivity index (χ4n) is 3.94. The lowest BCUT2D eigenvalue weighted by atomic mass is 9.94. The average molecular weight is 395 g/mol. The number of amides is 2. The Balaban J connectivity index is 1.48. The van der Waals surface area contributed by atoms with E-state index in [1.165, 1.54) is 0 Å². The number of rotatable bonds is 5. The van der Waals surface area contributed by atoms with Gasteiger partial charge in [0.2, 0.25) is 17.7 Å². The Morgan fingerprint density at radius 2 is 2.03 bits per heavy atom. The first-order valence-corrected chi connectivity index (χ1v) is 10.1. The van der Waals surface area contributed by atoms with E-state index in [0.29, 0.717) is 37.7 Å². The lowest BCUT2D eigenvalue weighted by molar-refractivity contribution is -0.139. The van der Waals surface area contributed by atoms with E-state index in [4.69, 9.17) is 4.74 Å². The van der Waals surface area contributed by atoms with E-state index >= 15 is 0 Å². The summed E-state index contributed by atoms with van der Waals surface area (Å²) in [6.45, 7) is 3.99. The molecule has 0 radical (unpaired) electrons. The molecule has 4 rings (SSSR count). The Morgan fingerprint density at radius 3 is 2.83 bits per heavy atom. The molecule has 0 bridgehead atoms. The van der Waals surface area contributed by atoms with Gasteiger partial charge in [0.1, 0.15) is 5.69 Å². The van der Waals surface area contributed by atoms with Crippen LogP contribution in [0.4, 0.5) is 0 Å². The zero-order valence-electron chi connectivity index (χ0n) is 16.6. The molecular formula is C21H25N5O3. The molecule has 8 heteroatoms. The van der Waals surface area contributed by atoms with Crippen molar-refractivity contribution in [1.82, 2.24) is 24.8 Å². The second kappa shape index (κ2) is 8.55. The number of nitrogens with zero attached hydrogens (tertiary/aromatic N) is 5. The minimum absolute atomic E-state index is 0.000544. The molecule has 1 atom stereocenters. The average Bonchev–Trinajstić information content (AvgIpc) is 3.14. The number of piperidine rings is 1. The Bertz CT molecular complexity index is 903. The van der Waals surface area contributed by atoms with Crippen LogP contribution in [-0.4, -0.2) is 62.7 Å². The molecule has 0 spiro atoms. The summed E-state index contributed by atoms with van der Waals surface area (Å²) in [6.07, 6.45) is 8.15. The summed E-state index contributed by atoms with van der Waals surface area (Å²) in [5.74, 6) is 1.22. The van der Waals surface area contributed by atoms with Crippen molar-refractivity contribution < 1.29 is 14.3 Å². The van der Waals surface area contributed by atoms with Crippen molar-refractivity contribution in [2.45, 2.75) is 38.5 Å². The maximum atomic E-state index is 12.8. The van der Waals surface area contributed by atoms with Crippen molar-refractivity contribution in [3.8, 4) is 11.6 Å². The van der Waals surface area contributed by atoms with Crippen LogP contribution < -0.4 is 4.74 Å². The highest BCUT2D eigenvalue weighted by Crippen LogP contribution is 2.33. The predicted octanol–water partition coefficient (Wildman–Crippen LogP) is 2.30. The number of ether oxygens (including phenoxy) is 1. The third-order valence-corrected chi connectivity index (χ3v) is 5.51. The minimum Gasteiger partial charge on any atom is -0.435 e. The quantitative estimate of drug-likeness (QED) is 0.772. The predicted molar refractivity (Wildman–Crippen MR) is 105 cm³/mol. The van der Waals surface area contributed by atoms with E-state index < -0.39 is 0 Å². The Kier molecular flexibility index (Phi) is 5.69. The highest BCUT2D eigenvalue weighted by atomic mass is 16.5. The lowest BCUT2D eigenvalue weighted by Gasteiger charge is -2.33. The van der Waals surface area contributed by atoms with E-state index in [1.807, 2.05) is 24.0 Å². The van der Waals surface area contributed by atoms with Crippen LogP contribution in [0.1, 0.15) is 43.0 Å². The molecule has 2 fully saturated rings. The summed E-state index contributed by atoms with van der Waals surface area (Å²) in [6, 6.07) is 3.67. The highest BCUT2D eigenvalue weighted by Gasteiger charge is 2.31. The zero-order valence-corrected chi connectivity index (χ0v) is 16.6. The Morgan fingerprint density at radius 1 is 1.17 bits per heavy atom. The first-order chi connectivity index (χ1) is 14.1. The van der Waals surface area contributed by atoms with Gasteiger partial charge in [-0.2, -0.15) is 0 Å². The van der Waals surface area contributed by atoms with Gasteiger partial charge in [-0.05, 0) is 38.3 Å². The normalized spacial score (nSPS) is 19.5. The number of carbonyl (C=O) groups excluding carboxylic acids is 2. The molecule has 0 aliphatic carbocycles. The van der Waals surface area contributed by atoms with Crippen molar-refractivity contribution in [3.63, 3.8) is 0 Å². The molecule has 0 saturated carbocycles. The van der Waals surface area contributed by atoms with Gasteiger partial charge >= 0.3 is 0 Å². The Labute approximate surface area is 169 Å². The molecule has 4 heterocycles. The van der Waals surface area contributed by atoms with Crippen LogP contribution in [0.3, 0.4) is 0 Å². The van der Waals surface area contributed by atoms with Crippen LogP contribution >= 0.6 is 0 Å². The maximum absolute atomic E-state index is 12.8.